The molecule has 1 saturated carbocycles. The lowest BCUT2D eigenvalue weighted by atomic mass is 10.1. The number of carbonyl (C=O) groups is 2. The molecule has 1 atom stereocenters. The molecule has 1 aromatic carbocycles. The summed E-state index contributed by atoms with van der Waals surface area (Å²) in [6, 6.07) is 4.34. The minimum Gasteiger partial charge on any atom is -0.493 e. The van der Waals surface area contributed by atoms with E-state index in [2.05, 4.69) is 0 Å². The van der Waals surface area contributed by atoms with E-state index < -0.39 is 12.0 Å². The fourth-order valence-corrected chi connectivity index (χ4v) is 3.52. The van der Waals surface area contributed by atoms with E-state index in [1.54, 1.807) is 25.3 Å². The molecule has 130 valence electrons. The topological polar surface area (TPSA) is 76.1 Å². The molecule has 24 heavy (non-hydrogen) atoms. The second-order valence-electron chi connectivity index (χ2n) is 6.38. The van der Waals surface area contributed by atoms with Crippen molar-refractivity contribution in [1.82, 2.24) is 4.90 Å². The van der Waals surface area contributed by atoms with E-state index >= 15 is 0 Å². The third-order valence-corrected chi connectivity index (χ3v) is 4.81. The Bertz CT molecular complexity index is 624. The van der Waals surface area contributed by atoms with Gasteiger partial charge in [-0.15, -0.1) is 0 Å². The molecule has 1 aromatic rings. The molecule has 1 aliphatic carbocycles. The number of ether oxygens (including phenoxy) is 2. The highest BCUT2D eigenvalue weighted by atomic mass is 16.5. The van der Waals surface area contributed by atoms with Crippen molar-refractivity contribution < 1.29 is 24.2 Å². The average Bonchev–Trinajstić information content (AvgIpc) is 3.26. The van der Waals surface area contributed by atoms with Gasteiger partial charge in [0.1, 0.15) is 6.04 Å². The van der Waals surface area contributed by atoms with E-state index in [0.717, 1.165) is 12.8 Å². The van der Waals surface area contributed by atoms with E-state index in [1.165, 1.54) is 17.7 Å². The van der Waals surface area contributed by atoms with E-state index in [1.807, 2.05) is 0 Å². The van der Waals surface area contributed by atoms with Crippen molar-refractivity contribution in [2.45, 2.75) is 50.7 Å². The third kappa shape index (κ3) is 3.32. The zero-order valence-corrected chi connectivity index (χ0v) is 13.9. The maximum atomic E-state index is 12.7. The predicted octanol–water partition coefficient (Wildman–Crippen LogP) is 2.71. The summed E-state index contributed by atoms with van der Waals surface area (Å²) < 4.78 is 11.3. The van der Waals surface area contributed by atoms with Crippen LogP contribution in [0.3, 0.4) is 0 Å². The summed E-state index contributed by atoms with van der Waals surface area (Å²) >= 11 is 0. The molecular formula is C18H23NO5. The molecule has 6 nitrogen and oxygen atoms in total. The number of methoxy groups -OCH3 is 1. The van der Waals surface area contributed by atoms with Gasteiger partial charge in [-0.05, 0) is 56.7 Å². The van der Waals surface area contributed by atoms with Gasteiger partial charge in [0.15, 0.2) is 11.5 Å². The molecular weight excluding hydrogens is 310 g/mol. The molecule has 0 bridgehead atoms. The largest absolute Gasteiger partial charge is 0.493 e. The molecule has 6 heteroatoms. The van der Waals surface area contributed by atoms with Crippen LogP contribution >= 0.6 is 0 Å². The van der Waals surface area contributed by atoms with E-state index in [4.69, 9.17) is 9.47 Å². The first kappa shape index (κ1) is 16.6. The molecule has 2 fully saturated rings. The zero-order chi connectivity index (χ0) is 17.1. The van der Waals surface area contributed by atoms with E-state index in [9.17, 15) is 14.7 Å². The molecule has 0 unspecified atom stereocenters. The van der Waals surface area contributed by atoms with Crippen molar-refractivity contribution >= 4 is 11.9 Å². The molecule has 1 aliphatic heterocycles. The molecule has 0 spiro atoms. The third-order valence-electron chi connectivity index (χ3n) is 4.81. The Kier molecular flexibility index (Phi) is 4.92. The van der Waals surface area contributed by atoms with Crippen LogP contribution < -0.4 is 9.47 Å². The lowest BCUT2D eigenvalue weighted by Crippen LogP contribution is -2.40. The van der Waals surface area contributed by atoms with E-state index in [0.29, 0.717) is 36.4 Å². The van der Waals surface area contributed by atoms with Gasteiger partial charge in [-0.1, -0.05) is 0 Å². The molecule has 0 radical (unpaired) electrons. The molecule has 1 saturated heterocycles. The van der Waals surface area contributed by atoms with Crippen LogP contribution in [0.5, 0.6) is 11.5 Å². The number of carbonyl (C=O) groups excluding carboxylic acids is 1. The Hall–Kier alpha value is -2.24. The fraction of sp³-hybridized carbons (Fsp3) is 0.556. The number of amides is 1. The summed E-state index contributed by atoms with van der Waals surface area (Å²) in [7, 11) is 1.54. The molecule has 2 aliphatic rings. The standard InChI is InChI=1S/C18H23NO5/c1-23-16-11-12(8-9-15(16)24-13-5-2-3-6-13)17(20)19-10-4-7-14(19)18(21)22/h8-9,11,13-14H,2-7,10H2,1H3,(H,21,22)/t14-/m1/s1. The lowest BCUT2D eigenvalue weighted by molar-refractivity contribution is -0.141. The summed E-state index contributed by atoms with van der Waals surface area (Å²) in [6.45, 7) is 0.471. The summed E-state index contributed by atoms with van der Waals surface area (Å²) in [4.78, 5) is 25.4. The summed E-state index contributed by atoms with van der Waals surface area (Å²) in [6.07, 6.45) is 5.85. The van der Waals surface area contributed by atoms with Gasteiger partial charge < -0.3 is 19.5 Å². The predicted molar refractivity (Wildman–Crippen MR) is 87.6 cm³/mol. The number of carboxylic acids is 1. The highest BCUT2D eigenvalue weighted by molar-refractivity contribution is 5.97. The second kappa shape index (κ2) is 7.11. The smallest absolute Gasteiger partial charge is 0.326 e. The maximum Gasteiger partial charge on any atom is 0.326 e. The lowest BCUT2D eigenvalue weighted by Gasteiger charge is -2.22. The second-order valence-corrected chi connectivity index (χ2v) is 6.38. The number of likely N-dealkylation sites (tertiary alicyclic amines) is 1. The van der Waals surface area contributed by atoms with Gasteiger partial charge in [0.2, 0.25) is 0 Å². The summed E-state index contributed by atoms with van der Waals surface area (Å²) in [5.74, 6) is -0.0735. The number of nitrogens with zero attached hydrogens (tertiary/aromatic N) is 1. The van der Waals surface area contributed by atoms with Gasteiger partial charge >= 0.3 is 5.97 Å². The first-order chi connectivity index (χ1) is 11.6. The number of carboxylic acid groups (broad SMARTS) is 1. The van der Waals surface area contributed by atoms with Gasteiger partial charge in [0.05, 0.1) is 13.2 Å². The van der Waals surface area contributed by atoms with Crippen molar-refractivity contribution in [2.75, 3.05) is 13.7 Å². The highest BCUT2D eigenvalue weighted by Gasteiger charge is 2.34. The van der Waals surface area contributed by atoms with Crippen molar-refractivity contribution in [3.8, 4) is 11.5 Å². The highest BCUT2D eigenvalue weighted by Crippen LogP contribution is 2.33. The minimum absolute atomic E-state index is 0.204. The number of hydrogen-bond donors (Lipinski definition) is 1. The van der Waals surface area contributed by atoms with E-state index in [-0.39, 0.29) is 12.0 Å². The van der Waals surface area contributed by atoms with Gasteiger partial charge in [0.25, 0.3) is 5.91 Å². The Morgan fingerprint density at radius 3 is 2.54 bits per heavy atom. The van der Waals surface area contributed by atoms with Crippen molar-refractivity contribution in [1.29, 1.82) is 0 Å². The van der Waals surface area contributed by atoms with Crippen LogP contribution in [0, 0.1) is 0 Å². The van der Waals surface area contributed by atoms with Crippen molar-refractivity contribution in [2.24, 2.45) is 0 Å². The zero-order valence-electron chi connectivity index (χ0n) is 13.9. The van der Waals surface area contributed by atoms with Gasteiger partial charge in [-0.25, -0.2) is 4.79 Å². The molecule has 3 rings (SSSR count). The Labute approximate surface area is 141 Å². The summed E-state index contributed by atoms with van der Waals surface area (Å²) in [5, 5.41) is 9.25. The van der Waals surface area contributed by atoms with Gasteiger partial charge in [-0.3, -0.25) is 4.79 Å². The van der Waals surface area contributed by atoms with Crippen LogP contribution in [0.4, 0.5) is 0 Å². The number of hydrogen-bond acceptors (Lipinski definition) is 4. The molecule has 1 amide bonds. The van der Waals surface area contributed by atoms with Crippen molar-refractivity contribution in [3.63, 3.8) is 0 Å². The number of aliphatic carboxylic acids is 1. The monoisotopic (exact) mass is 333 g/mol. The van der Waals surface area contributed by atoms with Crippen LogP contribution in [0.25, 0.3) is 0 Å². The van der Waals surface area contributed by atoms with Crippen LogP contribution in [0.15, 0.2) is 18.2 Å². The molecule has 1 N–H and O–H groups in total. The summed E-state index contributed by atoms with van der Waals surface area (Å²) in [5.41, 5.74) is 0.429. The van der Waals surface area contributed by atoms with Crippen LogP contribution in [-0.2, 0) is 4.79 Å². The average molecular weight is 333 g/mol. The SMILES string of the molecule is COc1cc(C(=O)N2CCC[C@@H]2C(=O)O)ccc1OC1CCCC1. The van der Waals surface area contributed by atoms with Crippen LogP contribution in [0.1, 0.15) is 48.9 Å². The van der Waals surface area contributed by atoms with Crippen LogP contribution in [0.2, 0.25) is 0 Å². The maximum absolute atomic E-state index is 12.7. The Morgan fingerprint density at radius 1 is 1.12 bits per heavy atom. The van der Waals surface area contributed by atoms with Gasteiger partial charge in [0, 0.05) is 12.1 Å². The normalized spacial score (nSPS) is 21.0. The Morgan fingerprint density at radius 2 is 1.88 bits per heavy atom. The van der Waals surface area contributed by atoms with Gasteiger partial charge in [-0.2, -0.15) is 0 Å². The molecule has 0 aromatic heterocycles. The number of rotatable bonds is 5. The quantitative estimate of drug-likeness (QED) is 0.896. The first-order valence-electron chi connectivity index (χ1n) is 8.48. The van der Waals surface area contributed by atoms with Crippen molar-refractivity contribution in [3.05, 3.63) is 23.8 Å². The van der Waals surface area contributed by atoms with Crippen LogP contribution in [-0.4, -0.2) is 47.7 Å². The molecule has 1 heterocycles. The number of benzene rings is 1. The Balaban J connectivity index is 1.78. The minimum atomic E-state index is -0.950. The first-order valence-corrected chi connectivity index (χ1v) is 8.48. The fourth-order valence-electron chi connectivity index (χ4n) is 3.52.